The molecular weight excluding hydrogens is 474 g/mol. The number of amides is 3. The van der Waals surface area contributed by atoms with E-state index in [1.165, 1.54) is 13.8 Å². The minimum Gasteiger partial charge on any atom is -0.370 e. The van der Waals surface area contributed by atoms with Gasteiger partial charge in [-0.1, -0.05) is 13.8 Å². The number of nitrogens with one attached hydrogen (secondary N) is 1. The van der Waals surface area contributed by atoms with Crippen LogP contribution in [0.5, 0.6) is 0 Å². The van der Waals surface area contributed by atoms with Gasteiger partial charge in [0.2, 0.25) is 5.91 Å². The van der Waals surface area contributed by atoms with E-state index in [1.54, 1.807) is 0 Å². The molecular formula is C20H24F6N4O4. The molecule has 0 saturated carbocycles. The second-order valence-corrected chi connectivity index (χ2v) is 8.06. The first-order valence-corrected chi connectivity index (χ1v) is 10.1. The van der Waals surface area contributed by atoms with Crippen LogP contribution in [-0.4, -0.2) is 67.7 Å². The molecule has 2 rings (SSSR count). The van der Waals surface area contributed by atoms with Crippen molar-refractivity contribution in [3.63, 3.8) is 0 Å². The van der Waals surface area contributed by atoms with Gasteiger partial charge < -0.3 is 20.7 Å². The summed E-state index contributed by atoms with van der Waals surface area (Å²) in [5.74, 6) is -3.89. The van der Waals surface area contributed by atoms with Crippen LogP contribution in [0.25, 0.3) is 0 Å². The van der Waals surface area contributed by atoms with E-state index in [9.17, 15) is 40.7 Å². The lowest BCUT2D eigenvalue weighted by atomic mass is 10.1. The average molecular weight is 498 g/mol. The molecule has 8 nitrogen and oxygen atoms in total. The second-order valence-electron chi connectivity index (χ2n) is 8.06. The van der Waals surface area contributed by atoms with Gasteiger partial charge in [-0.05, 0) is 24.1 Å². The normalized spacial score (nSPS) is 16.2. The number of hydrogen-bond donors (Lipinski definition) is 2. The lowest BCUT2D eigenvalue weighted by Gasteiger charge is -2.31. The zero-order valence-corrected chi connectivity index (χ0v) is 18.3. The number of nitrogens with two attached hydrogens (primary N) is 1. The van der Waals surface area contributed by atoms with E-state index in [0.717, 1.165) is 17.0 Å². The molecule has 0 radical (unpaired) electrons. The van der Waals surface area contributed by atoms with Gasteiger partial charge in [0.15, 0.2) is 6.04 Å². The topological polar surface area (TPSA) is 105 Å². The fourth-order valence-corrected chi connectivity index (χ4v) is 3.47. The van der Waals surface area contributed by atoms with Gasteiger partial charge in [-0.2, -0.15) is 26.3 Å². The van der Waals surface area contributed by atoms with Crippen LogP contribution in [0.4, 0.5) is 37.7 Å². The van der Waals surface area contributed by atoms with Gasteiger partial charge in [-0.25, -0.2) is 0 Å². The predicted molar refractivity (Wildman–Crippen MR) is 109 cm³/mol. The average Bonchev–Trinajstić information content (AvgIpc) is 2.66. The van der Waals surface area contributed by atoms with Gasteiger partial charge in [-0.3, -0.25) is 19.3 Å². The molecule has 34 heavy (non-hydrogen) atoms. The van der Waals surface area contributed by atoms with E-state index in [-0.39, 0.29) is 32.0 Å². The quantitative estimate of drug-likeness (QED) is 0.423. The van der Waals surface area contributed by atoms with Crippen molar-refractivity contribution in [2.75, 3.05) is 43.1 Å². The molecule has 0 spiro atoms. The predicted octanol–water partition coefficient (Wildman–Crippen LogP) is 2.38. The molecule has 190 valence electrons. The number of halogens is 6. The number of primary amides is 1. The summed E-state index contributed by atoms with van der Waals surface area (Å²) in [6, 6.07) is 0.438. The Labute approximate surface area is 191 Å². The van der Waals surface area contributed by atoms with Crippen molar-refractivity contribution in [1.82, 2.24) is 4.90 Å². The van der Waals surface area contributed by atoms with Gasteiger partial charge in [0.1, 0.15) is 6.61 Å². The van der Waals surface area contributed by atoms with Crippen LogP contribution in [0.1, 0.15) is 19.4 Å². The molecule has 0 aliphatic carbocycles. The van der Waals surface area contributed by atoms with Crippen molar-refractivity contribution in [3.8, 4) is 0 Å². The van der Waals surface area contributed by atoms with E-state index in [0.29, 0.717) is 11.0 Å². The highest BCUT2D eigenvalue weighted by molar-refractivity contribution is 6.10. The Kier molecular flexibility index (Phi) is 8.53. The van der Waals surface area contributed by atoms with Crippen LogP contribution in [0.15, 0.2) is 18.2 Å². The number of nitrogens with zero attached hydrogens (tertiary/aromatic N) is 2. The highest BCUT2D eigenvalue weighted by Crippen LogP contribution is 2.38. The zero-order chi connectivity index (χ0) is 25.8. The summed E-state index contributed by atoms with van der Waals surface area (Å²) in [7, 11) is 0. The Hall–Kier alpha value is -2.87. The third kappa shape index (κ3) is 7.32. The standard InChI is InChI=1S/C20H24F6N4O4/c1-11(2)8-29(10-19(21,22)23)16(17(27)32)18(33)28-14-4-3-12(7-13(14)20(24,25)26)30-5-6-34-9-15(30)31/h3-4,7,11,16H,5-6,8-10H2,1-2H3,(H2,27,32)(H,28,33)/t16-/m1/s1. The third-order valence-corrected chi connectivity index (χ3v) is 4.73. The second kappa shape index (κ2) is 10.6. The summed E-state index contributed by atoms with van der Waals surface area (Å²) in [6.07, 6.45) is -9.80. The first kappa shape index (κ1) is 27.4. The van der Waals surface area contributed by atoms with E-state index in [1.807, 2.05) is 5.32 Å². The lowest BCUT2D eigenvalue weighted by Crippen LogP contribution is -2.55. The Bertz CT molecular complexity index is 919. The largest absolute Gasteiger partial charge is 0.418 e. The molecule has 0 unspecified atom stereocenters. The maximum Gasteiger partial charge on any atom is 0.418 e. The zero-order valence-electron chi connectivity index (χ0n) is 18.3. The van der Waals surface area contributed by atoms with Gasteiger partial charge in [-0.15, -0.1) is 0 Å². The molecule has 1 fully saturated rings. The van der Waals surface area contributed by atoms with Crippen LogP contribution in [0.3, 0.4) is 0 Å². The summed E-state index contributed by atoms with van der Waals surface area (Å²) in [6.45, 7) is 0.829. The van der Waals surface area contributed by atoms with Crippen LogP contribution < -0.4 is 16.0 Å². The highest BCUT2D eigenvalue weighted by atomic mass is 19.4. The number of rotatable bonds is 8. The Balaban J connectivity index is 2.40. The van der Waals surface area contributed by atoms with Gasteiger partial charge in [0, 0.05) is 18.8 Å². The van der Waals surface area contributed by atoms with Gasteiger partial charge in [0.05, 0.1) is 24.4 Å². The lowest BCUT2D eigenvalue weighted by molar-refractivity contribution is -0.158. The van der Waals surface area contributed by atoms with Gasteiger partial charge in [0.25, 0.3) is 11.8 Å². The van der Waals surface area contributed by atoms with Crippen LogP contribution in [-0.2, 0) is 25.3 Å². The van der Waals surface area contributed by atoms with Crippen LogP contribution in [0.2, 0.25) is 0 Å². The number of carbonyl (C=O) groups excluding carboxylic acids is 3. The third-order valence-electron chi connectivity index (χ3n) is 4.73. The number of hydrogen-bond acceptors (Lipinski definition) is 5. The minimum absolute atomic E-state index is 0.00713. The summed E-state index contributed by atoms with van der Waals surface area (Å²) in [5, 5.41) is 1.88. The number of morpholine rings is 1. The minimum atomic E-state index is -5.00. The summed E-state index contributed by atoms with van der Waals surface area (Å²) in [5.41, 5.74) is 2.90. The van der Waals surface area contributed by atoms with Gasteiger partial charge >= 0.3 is 12.4 Å². The smallest absolute Gasteiger partial charge is 0.370 e. The maximum absolute atomic E-state index is 13.7. The van der Waals surface area contributed by atoms with Crippen LogP contribution in [0, 0.1) is 5.92 Å². The summed E-state index contributed by atoms with van der Waals surface area (Å²) in [4.78, 5) is 38.1. The van der Waals surface area contributed by atoms with Crippen molar-refractivity contribution in [3.05, 3.63) is 23.8 Å². The molecule has 1 aromatic rings. The van der Waals surface area contributed by atoms with Crippen molar-refractivity contribution in [2.24, 2.45) is 11.7 Å². The first-order chi connectivity index (χ1) is 15.6. The van der Waals surface area contributed by atoms with E-state index >= 15 is 0 Å². The molecule has 1 saturated heterocycles. The molecule has 0 bridgehead atoms. The van der Waals surface area contributed by atoms with Crippen molar-refractivity contribution in [2.45, 2.75) is 32.2 Å². The Morgan fingerprint density at radius 3 is 2.35 bits per heavy atom. The van der Waals surface area contributed by atoms with E-state index < -0.39 is 59.8 Å². The molecule has 1 aromatic carbocycles. The SMILES string of the molecule is CC(C)CN(CC(F)(F)F)[C@H](C(N)=O)C(=O)Nc1ccc(N2CCOCC2=O)cc1C(F)(F)F. The molecule has 3 N–H and O–H groups in total. The molecule has 1 aliphatic heterocycles. The van der Waals surface area contributed by atoms with Crippen molar-refractivity contribution >= 4 is 29.1 Å². The summed E-state index contributed by atoms with van der Waals surface area (Å²) < 4.78 is 85.2. The highest BCUT2D eigenvalue weighted by Gasteiger charge is 2.41. The van der Waals surface area contributed by atoms with Crippen molar-refractivity contribution < 1.29 is 45.5 Å². The Morgan fingerprint density at radius 2 is 1.85 bits per heavy atom. The fraction of sp³-hybridized carbons (Fsp3) is 0.550. The number of anilines is 2. The van der Waals surface area contributed by atoms with E-state index in [2.05, 4.69) is 0 Å². The molecule has 1 heterocycles. The number of carbonyl (C=O) groups is 3. The first-order valence-electron chi connectivity index (χ1n) is 10.1. The Morgan fingerprint density at radius 1 is 1.21 bits per heavy atom. The fourth-order valence-electron chi connectivity index (χ4n) is 3.47. The molecule has 3 amide bonds. The molecule has 1 aliphatic rings. The number of benzene rings is 1. The number of ether oxygens (including phenoxy) is 1. The monoisotopic (exact) mass is 498 g/mol. The molecule has 1 atom stereocenters. The molecule has 0 aromatic heterocycles. The molecule has 14 heteroatoms. The summed E-state index contributed by atoms with van der Waals surface area (Å²) >= 11 is 0. The maximum atomic E-state index is 13.7. The van der Waals surface area contributed by atoms with Crippen LogP contribution >= 0.6 is 0 Å². The van der Waals surface area contributed by atoms with E-state index in [4.69, 9.17) is 10.5 Å². The number of alkyl halides is 6. The van der Waals surface area contributed by atoms with Crippen molar-refractivity contribution in [1.29, 1.82) is 0 Å².